The molecule has 0 amide bonds. The second kappa shape index (κ2) is 7.56. The molecule has 0 saturated heterocycles. The molecule has 2 aromatic rings. The van der Waals surface area contributed by atoms with E-state index in [2.05, 4.69) is 60.5 Å². The average Bonchev–Trinajstić information content (AvgIpc) is 3.03. The van der Waals surface area contributed by atoms with Crippen LogP contribution in [0.5, 0.6) is 0 Å². The van der Waals surface area contributed by atoms with Gasteiger partial charge in [0.05, 0.1) is 0 Å². The van der Waals surface area contributed by atoms with Gasteiger partial charge in [0.2, 0.25) is 17.8 Å². The molecule has 1 heterocycles. The van der Waals surface area contributed by atoms with E-state index in [1.54, 1.807) is 0 Å². The number of nitrogens with zero attached hydrogens (tertiary/aromatic N) is 5. The first-order chi connectivity index (χ1) is 11.9. The summed E-state index contributed by atoms with van der Waals surface area (Å²) in [5, 5.41) is 3.57. The van der Waals surface area contributed by atoms with E-state index < -0.39 is 0 Å². The predicted octanol–water partition coefficient (Wildman–Crippen LogP) is 3.51. The van der Waals surface area contributed by atoms with Gasteiger partial charge in [-0.1, -0.05) is 34.5 Å². The molecule has 1 aromatic heterocycles. The minimum atomic E-state index is 0.341. The van der Waals surface area contributed by atoms with Crippen LogP contribution in [-0.2, 0) is 0 Å². The van der Waals surface area contributed by atoms with Crippen LogP contribution in [0.3, 0.4) is 0 Å². The molecule has 3 rings (SSSR count). The minimum Gasteiger partial charge on any atom is -0.351 e. The maximum atomic E-state index is 4.58. The van der Waals surface area contributed by atoms with Crippen molar-refractivity contribution in [3.8, 4) is 0 Å². The van der Waals surface area contributed by atoms with E-state index in [4.69, 9.17) is 0 Å². The van der Waals surface area contributed by atoms with Gasteiger partial charge in [0.15, 0.2) is 0 Å². The fourth-order valence-corrected chi connectivity index (χ4v) is 3.49. The van der Waals surface area contributed by atoms with Gasteiger partial charge in [0, 0.05) is 44.6 Å². The highest BCUT2D eigenvalue weighted by Gasteiger charge is 2.29. The summed E-state index contributed by atoms with van der Waals surface area (Å²) in [6.07, 6.45) is 3.52. The van der Waals surface area contributed by atoms with E-state index in [-0.39, 0.29) is 0 Å². The molecule has 2 unspecified atom stereocenters. The molecular formula is C18H25BrN6. The van der Waals surface area contributed by atoms with Gasteiger partial charge in [-0.25, -0.2) is 0 Å². The van der Waals surface area contributed by atoms with Crippen LogP contribution < -0.4 is 15.1 Å². The van der Waals surface area contributed by atoms with Gasteiger partial charge in [0.25, 0.3) is 0 Å². The zero-order chi connectivity index (χ0) is 18.0. The number of aromatic nitrogens is 3. The molecule has 1 aromatic carbocycles. The van der Waals surface area contributed by atoms with Crippen LogP contribution in [-0.4, -0.2) is 49.2 Å². The summed E-state index contributed by atoms with van der Waals surface area (Å²) in [5.74, 6) is 2.46. The number of rotatable bonds is 5. The van der Waals surface area contributed by atoms with Gasteiger partial charge in [-0.2, -0.15) is 15.0 Å². The molecule has 0 bridgehead atoms. The summed E-state index contributed by atoms with van der Waals surface area (Å²) >= 11 is 3.51. The molecule has 25 heavy (non-hydrogen) atoms. The molecule has 6 nitrogen and oxygen atoms in total. The van der Waals surface area contributed by atoms with Crippen molar-refractivity contribution in [2.75, 3.05) is 43.3 Å². The fraction of sp³-hybridized carbons (Fsp3) is 0.500. The van der Waals surface area contributed by atoms with Crippen LogP contribution in [0.2, 0.25) is 0 Å². The minimum absolute atomic E-state index is 0.341. The monoisotopic (exact) mass is 404 g/mol. The number of nitrogens with one attached hydrogen (secondary N) is 1. The summed E-state index contributed by atoms with van der Waals surface area (Å²) in [6, 6.07) is 8.98. The average molecular weight is 405 g/mol. The molecule has 2 atom stereocenters. The lowest BCUT2D eigenvalue weighted by atomic mass is 9.94. The van der Waals surface area contributed by atoms with Crippen molar-refractivity contribution >= 4 is 33.8 Å². The Morgan fingerprint density at radius 2 is 1.52 bits per heavy atom. The van der Waals surface area contributed by atoms with E-state index in [1.807, 2.05) is 38.0 Å². The quantitative estimate of drug-likeness (QED) is 0.822. The van der Waals surface area contributed by atoms with Crippen LogP contribution in [0.25, 0.3) is 0 Å². The number of benzene rings is 1. The number of hydrogen-bond acceptors (Lipinski definition) is 6. The maximum absolute atomic E-state index is 4.58. The van der Waals surface area contributed by atoms with Crippen LogP contribution in [0.15, 0.2) is 28.7 Å². The predicted molar refractivity (Wildman–Crippen MR) is 107 cm³/mol. The van der Waals surface area contributed by atoms with E-state index in [0.717, 1.165) is 10.9 Å². The van der Waals surface area contributed by atoms with Crippen LogP contribution in [0.4, 0.5) is 17.8 Å². The van der Waals surface area contributed by atoms with Crippen molar-refractivity contribution in [2.24, 2.45) is 0 Å². The third-order valence-corrected chi connectivity index (χ3v) is 5.07. The third kappa shape index (κ3) is 4.21. The van der Waals surface area contributed by atoms with Gasteiger partial charge in [-0.05, 0) is 30.5 Å². The van der Waals surface area contributed by atoms with E-state index >= 15 is 0 Å². The van der Waals surface area contributed by atoms with Crippen molar-refractivity contribution in [1.82, 2.24) is 15.0 Å². The topological polar surface area (TPSA) is 57.2 Å². The maximum Gasteiger partial charge on any atom is 0.231 e. The SMILES string of the molecule is CN(C)c1nc(NC2CCCC2c2ccc(Br)cc2)nc(N(C)C)n1. The normalized spacial score (nSPS) is 19.7. The molecule has 134 valence electrons. The first-order valence-corrected chi connectivity index (χ1v) is 9.36. The Morgan fingerprint density at radius 3 is 2.08 bits per heavy atom. The molecule has 0 radical (unpaired) electrons. The van der Waals surface area contributed by atoms with Gasteiger partial charge in [-0.15, -0.1) is 0 Å². The highest BCUT2D eigenvalue weighted by molar-refractivity contribution is 9.10. The summed E-state index contributed by atoms with van der Waals surface area (Å²) in [5.41, 5.74) is 1.37. The van der Waals surface area contributed by atoms with Crippen molar-refractivity contribution in [3.63, 3.8) is 0 Å². The van der Waals surface area contributed by atoms with E-state index in [9.17, 15) is 0 Å². The molecule has 1 aliphatic rings. The van der Waals surface area contributed by atoms with Crippen LogP contribution >= 0.6 is 15.9 Å². The smallest absolute Gasteiger partial charge is 0.231 e. The Hall–Kier alpha value is -1.89. The Labute approximate surface area is 157 Å². The Balaban J connectivity index is 1.84. The highest BCUT2D eigenvalue weighted by atomic mass is 79.9. The number of halogens is 1. The van der Waals surface area contributed by atoms with Gasteiger partial charge >= 0.3 is 0 Å². The zero-order valence-electron chi connectivity index (χ0n) is 15.2. The molecular weight excluding hydrogens is 380 g/mol. The van der Waals surface area contributed by atoms with Crippen molar-refractivity contribution in [3.05, 3.63) is 34.3 Å². The Kier molecular flexibility index (Phi) is 5.42. The van der Waals surface area contributed by atoms with E-state index in [0.29, 0.717) is 29.8 Å². The first kappa shape index (κ1) is 17.9. The molecule has 1 aliphatic carbocycles. The summed E-state index contributed by atoms with van der Waals surface area (Å²) < 4.78 is 1.11. The second-order valence-electron chi connectivity index (χ2n) is 6.89. The Morgan fingerprint density at radius 1 is 0.920 bits per heavy atom. The summed E-state index contributed by atoms with van der Waals surface area (Å²) in [6.45, 7) is 0. The zero-order valence-corrected chi connectivity index (χ0v) is 16.8. The summed E-state index contributed by atoms with van der Waals surface area (Å²) in [7, 11) is 7.77. The van der Waals surface area contributed by atoms with Crippen LogP contribution in [0.1, 0.15) is 30.7 Å². The fourth-order valence-electron chi connectivity index (χ4n) is 3.23. The molecule has 1 fully saturated rings. The second-order valence-corrected chi connectivity index (χ2v) is 7.80. The van der Waals surface area contributed by atoms with Crippen molar-refractivity contribution in [1.29, 1.82) is 0 Å². The molecule has 1 saturated carbocycles. The van der Waals surface area contributed by atoms with Gasteiger partial charge in [-0.3, -0.25) is 0 Å². The number of hydrogen-bond donors (Lipinski definition) is 1. The number of anilines is 3. The molecule has 0 spiro atoms. The van der Waals surface area contributed by atoms with Crippen LogP contribution in [0, 0.1) is 0 Å². The molecule has 0 aliphatic heterocycles. The molecule has 7 heteroatoms. The Bertz CT molecular complexity index is 690. The first-order valence-electron chi connectivity index (χ1n) is 8.57. The van der Waals surface area contributed by atoms with E-state index in [1.165, 1.54) is 18.4 Å². The van der Waals surface area contributed by atoms with Crippen molar-refractivity contribution < 1.29 is 0 Å². The standard InChI is InChI=1S/C18H25BrN6/c1-24(2)17-21-16(22-18(23-17)25(3)4)20-15-7-5-6-14(15)12-8-10-13(19)11-9-12/h8-11,14-15H,5-7H2,1-4H3,(H,20,21,22,23). The lowest BCUT2D eigenvalue weighted by Crippen LogP contribution is -2.26. The van der Waals surface area contributed by atoms with Crippen molar-refractivity contribution in [2.45, 2.75) is 31.2 Å². The largest absolute Gasteiger partial charge is 0.351 e. The lowest BCUT2D eigenvalue weighted by Gasteiger charge is -2.23. The van der Waals surface area contributed by atoms with Gasteiger partial charge in [0.1, 0.15) is 0 Å². The lowest BCUT2D eigenvalue weighted by molar-refractivity contribution is 0.643. The molecule has 1 N–H and O–H groups in total. The highest BCUT2D eigenvalue weighted by Crippen LogP contribution is 2.36. The summed E-state index contributed by atoms with van der Waals surface area (Å²) in [4.78, 5) is 17.4. The van der Waals surface area contributed by atoms with Gasteiger partial charge < -0.3 is 15.1 Å². The third-order valence-electron chi connectivity index (χ3n) is 4.54.